The van der Waals surface area contributed by atoms with Crippen LogP contribution in [0.5, 0.6) is 5.75 Å². The fraction of sp³-hybridized carbons (Fsp3) is 0.364. The monoisotopic (exact) mass is 207 g/mol. The molecule has 0 saturated heterocycles. The molecule has 0 radical (unpaired) electrons. The van der Waals surface area contributed by atoms with Gasteiger partial charge in [-0.3, -0.25) is 4.99 Å². The molecule has 0 fully saturated rings. The lowest BCUT2D eigenvalue weighted by Gasteiger charge is -2.08. The molecule has 0 heterocycles. The van der Waals surface area contributed by atoms with E-state index in [0.717, 1.165) is 17.7 Å². The zero-order chi connectivity index (χ0) is 11.3. The summed E-state index contributed by atoms with van der Waals surface area (Å²) in [6.45, 7) is 2.63. The standard InChI is InChI=1S/C11H17N3O/c1-8-3-4-10(15-2)9(7-8)5-6-14-11(12)13/h3-4,7H,5-6H2,1-2H3,(H4,12,13,14). The Bertz CT molecular complexity index is 357. The molecule has 0 aliphatic rings. The Labute approximate surface area is 89.9 Å². The van der Waals surface area contributed by atoms with Crippen LogP contribution >= 0.6 is 0 Å². The van der Waals surface area contributed by atoms with Crippen LogP contribution in [0, 0.1) is 6.92 Å². The highest BCUT2D eigenvalue weighted by Gasteiger charge is 2.02. The fourth-order valence-corrected chi connectivity index (χ4v) is 1.41. The number of guanidine groups is 1. The molecule has 4 nitrogen and oxygen atoms in total. The zero-order valence-corrected chi connectivity index (χ0v) is 9.16. The average molecular weight is 207 g/mol. The van der Waals surface area contributed by atoms with E-state index in [4.69, 9.17) is 16.2 Å². The molecule has 0 aliphatic heterocycles. The maximum atomic E-state index is 5.25. The zero-order valence-electron chi connectivity index (χ0n) is 9.16. The quantitative estimate of drug-likeness (QED) is 0.567. The van der Waals surface area contributed by atoms with Gasteiger partial charge in [-0.2, -0.15) is 0 Å². The van der Waals surface area contributed by atoms with Crippen molar-refractivity contribution in [2.24, 2.45) is 16.5 Å². The molecule has 4 heteroatoms. The van der Waals surface area contributed by atoms with Crippen LogP contribution in [0.1, 0.15) is 11.1 Å². The molecule has 0 aliphatic carbocycles. The number of hydrogen-bond donors (Lipinski definition) is 2. The smallest absolute Gasteiger partial charge is 0.185 e. The predicted octanol–water partition coefficient (Wildman–Crippen LogP) is 0.820. The largest absolute Gasteiger partial charge is 0.496 e. The van der Waals surface area contributed by atoms with E-state index in [1.165, 1.54) is 5.56 Å². The van der Waals surface area contributed by atoms with Crippen LogP contribution < -0.4 is 16.2 Å². The van der Waals surface area contributed by atoms with Gasteiger partial charge in [-0.1, -0.05) is 17.7 Å². The fourth-order valence-electron chi connectivity index (χ4n) is 1.41. The van der Waals surface area contributed by atoms with E-state index in [9.17, 15) is 0 Å². The van der Waals surface area contributed by atoms with Crippen LogP contribution in [0.15, 0.2) is 23.2 Å². The van der Waals surface area contributed by atoms with Gasteiger partial charge in [0.25, 0.3) is 0 Å². The lowest BCUT2D eigenvalue weighted by atomic mass is 10.1. The molecule has 0 saturated carbocycles. The number of aliphatic imine (C=N–C) groups is 1. The second-order valence-electron chi connectivity index (χ2n) is 3.37. The molecule has 82 valence electrons. The van der Waals surface area contributed by atoms with Crippen molar-refractivity contribution >= 4 is 5.96 Å². The van der Waals surface area contributed by atoms with Crippen LogP contribution in [0.25, 0.3) is 0 Å². The predicted molar refractivity (Wildman–Crippen MR) is 62.1 cm³/mol. The van der Waals surface area contributed by atoms with Crippen molar-refractivity contribution in [3.63, 3.8) is 0 Å². The molecule has 1 aromatic carbocycles. The van der Waals surface area contributed by atoms with E-state index < -0.39 is 0 Å². The summed E-state index contributed by atoms with van der Waals surface area (Å²) in [7, 11) is 1.66. The number of nitrogens with two attached hydrogens (primary N) is 2. The van der Waals surface area contributed by atoms with Crippen LogP contribution in [-0.4, -0.2) is 19.6 Å². The molecule has 1 rings (SSSR count). The summed E-state index contributed by atoms with van der Waals surface area (Å²) in [5.74, 6) is 1.01. The topological polar surface area (TPSA) is 73.6 Å². The third-order valence-corrected chi connectivity index (χ3v) is 2.11. The van der Waals surface area contributed by atoms with Gasteiger partial charge in [-0.15, -0.1) is 0 Å². The van der Waals surface area contributed by atoms with Crippen molar-refractivity contribution in [2.75, 3.05) is 13.7 Å². The van der Waals surface area contributed by atoms with Crippen LogP contribution in [-0.2, 0) is 6.42 Å². The van der Waals surface area contributed by atoms with Crippen LogP contribution in [0.4, 0.5) is 0 Å². The van der Waals surface area contributed by atoms with Crippen molar-refractivity contribution in [1.82, 2.24) is 0 Å². The summed E-state index contributed by atoms with van der Waals surface area (Å²) in [6.07, 6.45) is 0.781. The van der Waals surface area contributed by atoms with Crippen molar-refractivity contribution in [3.05, 3.63) is 29.3 Å². The van der Waals surface area contributed by atoms with Gasteiger partial charge in [0.2, 0.25) is 0 Å². The second kappa shape index (κ2) is 5.24. The third-order valence-electron chi connectivity index (χ3n) is 2.11. The SMILES string of the molecule is COc1ccc(C)cc1CCN=C(N)N. The van der Waals surface area contributed by atoms with Crippen molar-refractivity contribution in [3.8, 4) is 5.75 Å². The Morgan fingerprint density at radius 3 is 2.73 bits per heavy atom. The summed E-state index contributed by atoms with van der Waals surface area (Å²) in [5.41, 5.74) is 12.8. The molecule has 0 unspecified atom stereocenters. The van der Waals surface area contributed by atoms with E-state index in [-0.39, 0.29) is 5.96 Å². The summed E-state index contributed by atoms with van der Waals surface area (Å²) in [5, 5.41) is 0. The second-order valence-corrected chi connectivity index (χ2v) is 3.37. The molecule has 0 bridgehead atoms. The van der Waals surface area contributed by atoms with E-state index in [1.807, 2.05) is 19.1 Å². The normalized spacial score (nSPS) is 9.73. The molecule has 0 amide bonds. The molecule has 4 N–H and O–H groups in total. The van der Waals surface area contributed by atoms with E-state index >= 15 is 0 Å². The molecule has 0 atom stereocenters. The number of ether oxygens (including phenoxy) is 1. The highest BCUT2D eigenvalue weighted by Crippen LogP contribution is 2.19. The van der Waals surface area contributed by atoms with Gasteiger partial charge in [0.15, 0.2) is 5.96 Å². The van der Waals surface area contributed by atoms with Gasteiger partial charge in [0, 0.05) is 6.54 Å². The van der Waals surface area contributed by atoms with Gasteiger partial charge in [-0.25, -0.2) is 0 Å². The first-order valence-corrected chi connectivity index (χ1v) is 4.82. The first kappa shape index (κ1) is 11.4. The Kier molecular flexibility index (Phi) is 3.97. The lowest BCUT2D eigenvalue weighted by Crippen LogP contribution is -2.23. The Morgan fingerprint density at radius 1 is 1.40 bits per heavy atom. The molecular formula is C11H17N3O. The van der Waals surface area contributed by atoms with Crippen LogP contribution in [0.3, 0.4) is 0 Å². The van der Waals surface area contributed by atoms with Gasteiger partial charge in [0.05, 0.1) is 7.11 Å². The van der Waals surface area contributed by atoms with Gasteiger partial charge < -0.3 is 16.2 Å². The number of aryl methyl sites for hydroxylation is 1. The molecule has 0 aromatic heterocycles. The van der Waals surface area contributed by atoms with E-state index in [1.54, 1.807) is 7.11 Å². The summed E-state index contributed by atoms with van der Waals surface area (Å²) in [4.78, 5) is 3.94. The lowest BCUT2D eigenvalue weighted by molar-refractivity contribution is 0.409. The minimum absolute atomic E-state index is 0.126. The number of rotatable bonds is 4. The summed E-state index contributed by atoms with van der Waals surface area (Å²) >= 11 is 0. The highest BCUT2D eigenvalue weighted by molar-refractivity contribution is 5.75. The van der Waals surface area contributed by atoms with Gasteiger partial charge in [0.1, 0.15) is 5.75 Å². The Balaban J connectivity index is 2.74. The average Bonchev–Trinajstić information content (AvgIpc) is 2.17. The van der Waals surface area contributed by atoms with Crippen molar-refractivity contribution in [2.45, 2.75) is 13.3 Å². The minimum Gasteiger partial charge on any atom is -0.496 e. The Morgan fingerprint density at radius 2 is 2.13 bits per heavy atom. The van der Waals surface area contributed by atoms with E-state index in [2.05, 4.69) is 11.1 Å². The van der Waals surface area contributed by atoms with E-state index in [0.29, 0.717) is 6.54 Å². The van der Waals surface area contributed by atoms with Gasteiger partial charge in [-0.05, 0) is 25.0 Å². The van der Waals surface area contributed by atoms with Gasteiger partial charge >= 0.3 is 0 Å². The van der Waals surface area contributed by atoms with Crippen LogP contribution in [0.2, 0.25) is 0 Å². The number of benzene rings is 1. The summed E-state index contributed by atoms with van der Waals surface area (Å²) < 4.78 is 5.25. The molecular weight excluding hydrogens is 190 g/mol. The maximum absolute atomic E-state index is 5.25. The Hall–Kier alpha value is -1.71. The molecule has 1 aromatic rings. The number of nitrogens with zero attached hydrogens (tertiary/aromatic N) is 1. The first-order valence-electron chi connectivity index (χ1n) is 4.82. The number of methoxy groups -OCH3 is 1. The van der Waals surface area contributed by atoms with Crippen molar-refractivity contribution < 1.29 is 4.74 Å². The third kappa shape index (κ3) is 3.50. The molecule has 15 heavy (non-hydrogen) atoms. The van der Waals surface area contributed by atoms with Crippen molar-refractivity contribution in [1.29, 1.82) is 0 Å². The molecule has 0 spiro atoms. The maximum Gasteiger partial charge on any atom is 0.185 e. The number of hydrogen-bond acceptors (Lipinski definition) is 2. The minimum atomic E-state index is 0.126. The highest BCUT2D eigenvalue weighted by atomic mass is 16.5. The first-order chi connectivity index (χ1) is 7.13. The summed E-state index contributed by atoms with van der Waals surface area (Å²) in [6, 6.07) is 6.06.